The van der Waals surface area contributed by atoms with Gasteiger partial charge in [0.1, 0.15) is 5.75 Å². The van der Waals surface area contributed by atoms with E-state index in [0.717, 1.165) is 31.0 Å². The van der Waals surface area contributed by atoms with Crippen LogP contribution in [-0.4, -0.2) is 35.5 Å². The first-order valence-electron chi connectivity index (χ1n) is 7.76. The summed E-state index contributed by atoms with van der Waals surface area (Å²) in [4.78, 5) is 20.4. The van der Waals surface area contributed by atoms with E-state index in [9.17, 15) is 4.79 Å². The third-order valence-electron chi connectivity index (χ3n) is 3.63. The van der Waals surface area contributed by atoms with Crippen molar-refractivity contribution in [2.45, 2.75) is 32.9 Å². The lowest BCUT2D eigenvalue weighted by molar-refractivity contribution is 0.102. The van der Waals surface area contributed by atoms with Gasteiger partial charge in [-0.25, -0.2) is 4.98 Å². The van der Waals surface area contributed by atoms with Gasteiger partial charge in [0.05, 0.1) is 11.8 Å². The van der Waals surface area contributed by atoms with E-state index in [1.165, 1.54) is 4.88 Å². The van der Waals surface area contributed by atoms with Gasteiger partial charge in [0.15, 0.2) is 5.13 Å². The van der Waals surface area contributed by atoms with Gasteiger partial charge in [-0.05, 0) is 45.2 Å². The fraction of sp³-hybridized carbons (Fsp3) is 0.412. The molecule has 1 aromatic heterocycles. The number of amides is 1. The van der Waals surface area contributed by atoms with Crippen LogP contribution in [0.15, 0.2) is 24.3 Å². The van der Waals surface area contributed by atoms with Gasteiger partial charge < -0.3 is 9.64 Å². The number of nitrogens with zero attached hydrogens (tertiary/aromatic N) is 2. The number of hydrogen-bond donors (Lipinski definition) is 1. The molecule has 130 valence electrons. The molecule has 0 unspecified atom stereocenters. The lowest BCUT2D eigenvalue weighted by atomic mass is 10.2. The number of ether oxygens (including phenoxy) is 1. The Kier molecular flexibility index (Phi) is 6.21. The summed E-state index contributed by atoms with van der Waals surface area (Å²) < 4.78 is 5.59. The van der Waals surface area contributed by atoms with Crippen molar-refractivity contribution in [1.82, 2.24) is 9.88 Å². The first-order chi connectivity index (χ1) is 11.0. The van der Waals surface area contributed by atoms with Gasteiger partial charge in [-0.1, -0.05) is 0 Å². The number of anilines is 1. The molecule has 24 heavy (non-hydrogen) atoms. The molecular weight excluding hydrogens is 346 g/mol. The molecule has 7 heteroatoms. The molecule has 3 rings (SSSR count). The summed E-state index contributed by atoms with van der Waals surface area (Å²) in [6, 6.07) is 7.18. The summed E-state index contributed by atoms with van der Waals surface area (Å²) in [5.74, 6) is 0.629. The van der Waals surface area contributed by atoms with E-state index < -0.39 is 0 Å². The summed E-state index contributed by atoms with van der Waals surface area (Å²) in [6.45, 7) is 5.87. The molecule has 1 amide bonds. The molecule has 0 radical (unpaired) electrons. The predicted molar refractivity (Wildman–Crippen MR) is 99.6 cm³/mol. The number of carbonyl (C=O) groups excluding carboxylic acids is 1. The quantitative estimate of drug-likeness (QED) is 0.897. The predicted octanol–water partition coefficient (Wildman–Crippen LogP) is 3.59. The van der Waals surface area contributed by atoms with Crippen LogP contribution in [0.4, 0.5) is 5.13 Å². The number of thiazole rings is 1. The van der Waals surface area contributed by atoms with Crippen molar-refractivity contribution in [2.24, 2.45) is 0 Å². The van der Waals surface area contributed by atoms with Crippen molar-refractivity contribution in [1.29, 1.82) is 0 Å². The van der Waals surface area contributed by atoms with Gasteiger partial charge in [0.2, 0.25) is 0 Å². The number of hydrogen-bond acceptors (Lipinski definition) is 5. The number of benzene rings is 1. The second-order valence-corrected chi connectivity index (χ2v) is 7.11. The lowest BCUT2D eigenvalue weighted by Gasteiger charge is -2.20. The highest BCUT2D eigenvalue weighted by Crippen LogP contribution is 2.28. The standard InChI is InChI=1S/C17H21N3O2S.ClH/c1-11(2)22-13-6-4-12(5-7-13)16(21)19-17-18-14-8-9-20(3)10-15(14)23-17;/h4-7,11H,8-10H2,1-3H3,(H,18,19,21);1H. The molecule has 0 bridgehead atoms. The Bertz CT molecular complexity index is 700. The zero-order valence-electron chi connectivity index (χ0n) is 14.0. The maximum atomic E-state index is 12.3. The van der Waals surface area contributed by atoms with E-state index in [4.69, 9.17) is 4.74 Å². The Labute approximate surface area is 152 Å². The molecule has 2 aromatic rings. The second kappa shape index (κ2) is 7.96. The van der Waals surface area contributed by atoms with Gasteiger partial charge in [0.25, 0.3) is 5.91 Å². The SMILES string of the molecule is CC(C)Oc1ccc(C(=O)Nc2nc3c(s2)CN(C)CC3)cc1.Cl. The topological polar surface area (TPSA) is 54.5 Å². The van der Waals surface area contributed by atoms with Gasteiger partial charge >= 0.3 is 0 Å². The van der Waals surface area contributed by atoms with Crippen molar-refractivity contribution in [3.8, 4) is 5.75 Å². The molecule has 0 aliphatic carbocycles. The largest absolute Gasteiger partial charge is 0.491 e. The average Bonchev–Trinajstić information content (AvgIpc) is 2.88. The summed E-state index contributed by atoms with van der Waals surface area (Å²) in [5.41, 5.74) is 1.72. The summed E-state index contributed by atoms with van der Waals surface area (Å²) in [6.07, 6.45) is 1.06. The van der Waals surface area contributed by atoms with Crippen LogP contribution in [0.25, 0.3) is 0 Å². The minimum Gasteiger partial charge on any atom is -0.491 e. The van der Waals surface area contributed by atoms with E-state index in [0.29, 0.717) is 10.7 Å². The van der Waals surface area contributed by atoms with Crippen LogP contribution >= 0.6 is 23.7 Å². The van der Waals surface area contributed by atoms with Crippen LogP contribution in [0.1, 0.15) is 34.8 Å². The van der Waals surface area contributed by atoms with E-state index in [-0.39, 0.29) is 24.4 Å². The fourth-order valence-electron chi connectivity index (χ4n) is 2.50. The highest BCUT2D eigenvalue weighted by Gasteiger charge is 2.19. The van der Waals surface area contributed by atoms with Crippen LogP contribution in [0.3, 0.4) is 0 Å². The average molecular weight is 368 g/mol. The lowest BCUT2D eigenvalue weighted by Crippen LogP contribution is -2.25. The first kappa shape index (κ1) is 18.7. The van der Waals surface area contributed by atoms with Crippen LogP contribution in [0, 0.1) is 0 Å². The number of rotatable bonds is 4. The minimum absolute atomic E-state index is 0. The smallest absolute Gasteiger partial charge is 0.257 e. The monoisotopic (exact) mass is 367 g/mol. The number of likely N-dealkylation sites (N-methyl/N-ethyl adjacent to an activating group) is 1. The molecule has 0 saturated heterocycles. The van der Waals surface area contributed by atoms with Crippen LogP contribution in [0.2, 0.25) is 0 Å². The molecular formula is C17H22ClN3O2S. The van der Waals surface area contributed by atoms with Gasteiger partial charge in [0, 0.05) is 30.0 Å². The van der Waals surface area contributed by atoms with Crippen molar-refractivity contribution in [3.05, 3.63) is 40.4 Å². The maximum Gasteiger partial charge on any atom is 0.257 e. The number of nitrogens with one attached hydrogen (secondary N) is 1. The van der Waals surface area contributed by atoms with Gasteiger partial charge in [-0.2, -0.15) is 0 Å². The summed E-state index contributed by atoms with van der Waals surface area (Å²) in [7, 11) is 2.10. The van der Waals surface area contributed by atoms with Crippen LogP contribution < -0.4 is 10.1 Å². The van der Waals surface area contributed by atoms with E-state index in [1.54, 1.807) is 23.5 Å². The molecule has 1 aliphatic rings. The van der Waals surface area contributed by atoms with E-state index >= 15 is 0 Å². The van der Waals surface area contributed by atoms with Gasteiger partial charge in [-0.15, -0.1) is 23.7 Å². The molecule has 1 aliphatic heterocycles. The fourth-order valence-corrected chi connectivity index (χ4v) is 3.59. The normalized spacial score (nSPS) is 14.0. The van der Waals surface area contributed by atoms with E-state index in [1.807, 2.05) is 26.0 Å². The zero-order valence-corrected chi connectivity index (χ0v) is 15.7. The number of halogens is 1. The summed E-state index contributed by atoms with van der Waals surface area (Å²) >= 11 is 1.56. The maximum absolute atomic E-state index is 12.3. The highest BCUT2D eigenvalue weighted by atomic mass is 35.5. The number of aromatic nitrogens is 1. The number of carbonyl (C=O) groups is 1. The highest BCUT2D eigenvalue weighted by molar-refractivity contribution is 7.15. The van der Waals surface area contributed by atoms with Crippen molar-refractivity contribution >= 4 is 34.8 Å². The summed E-state index contributed by atoms with van der Waals surface area (Å²) in [5, 5.41) is 3.58. The molecule has 0 saturated carbocycles. The Balaban J connectivity index is 0.00000208. The van der Waals surface area contributed by atoms with Crippen LogP contribution in [-0.2, 0) is 13.0 Å². The third kappa shape index (κ3) is 4.47. The Morgan fingerprint density at radius 1 is 1.33 bits per heavy atom. The Morgan fingerprint density at radius 2 is 2.04 bits per heavy atom. The second-order valence-electron chi connectivity index (χ2n) is 6.02. The molecule has 0 spiro atoms. The molecule has 1 aromatic carbocycles. The third-order valence-corrected chi connectivity index (χ3v) is 4.63. The van der Waals surface area contributed by atoms with Crippen LogP contribution in [0.5, 0.6) is 5.75 Å². The molecule has 0 atom stereocenters. The van der Waals surface area contributed by atoms with Crippen molar-refractivity contribution < 1.29 is 9.53 Å². The Hall–Kier alpha value is -1.63. The molecule has 0 fully saturated rings. The molecule has 2 heterocycles. The molecule has 5 nitrogen and oxygen atoms in total. The molecule has 1 N–H and O–H groups in total. The van der Waals surface area contributed by atoms with Crippen molar-refractivity contribution in [3.63, 3.8) is 0 Å². The van der Waals surface area contributed by atoms with E-state index in [2.05, 4.69) is 22.2 Å². The zero-order chi connectivity index (χ0) is 16.4. The van der Waals surface area contributed by atoms with Crippen molar-refractivity contribution in [2.75, 3.05) is 18.9 Å². The van der Waals surface area contributed by atoms with Gasteiger partial charge in [-0.3, -0.25) is 10.1 Å². The Morgan fingerprint density at radius 3 is 2.71 bits per heavy atom. The minimum atomic E-state index is -0.138. The number of fused-ring (bicyclic) bond motifs is 1. The first-order valence-corrected chi connectivity index (χ1v) is 8.58.